The van der Waals surface area contributed by atoms with Crippen molar-refractivity contribution in [2.75, 3.05) is 40.3 Å². The topological polar surface area (TPSA) is 24.5 Å². The quantitative estimate of drug-likeness (QED) is 0.574. The number of ether oxygens (including phenoxy) is 1. The Balaban J connectivity index is 3.15. The highest BCUT2D eigenvalue weighted by atomic mass is 16.5. The van der Waals surface area contributed by atoms with Gasteiger partial charge in [-0.2, -0.15) is 0 Å². The molecule has 0 saturated carbocycles. The van der Waals surface area contributed by atoms with E-state index in [9.17, 15) is 0 Å². The van der Waals surface area contributed by atoms with E-state index in [1.807, 2.05) is 0 Å². The van der Waals surface area contributed by atoms with E-state index in [0.717, 1.165) is 32.7 Å². The molecule has 0 bridgehead atoms. The van der Waals surface area contributed by atoms with Gasteiger partial charge in [0.2, 0.25) is 0 Å². The largest absolute Gasteiger partial charge is 0.377 e. The molecule has 0 fully saturated rings. The van der Waals surface area contributed by atoms with Crippen LogP contribution >= 0.6 is 0 Å². The molecule has 0 heterocycles. The highest BCUT2D eigenvalue weighted by molar-refractivity contribution is 4.53. The van der Waals surface area contributed by atoms with Crippen molar-refractivity contribution in [3.8, 4) is 0 Å². The minimum atomic E-state index is 0.374. The van der Waals surface area contributed by atoms with Crippen molar-refractivity contribution in [3.05, 3.63) is 0 Å². The lowest BCUT2D eigenvalue weighted by Crippen LogP contribution is -2.24. The normalized spacial score (nSPS) is 13.6. The van der Waals surface area contributed by atoms with E-state index in [1.165, 1.54) is 0 Å². The standard InChI is InChI=1S/C10H24N2O/c1-5-11-7-6-10(2)13-9-8-12(3)4/h10-11H,5-9H2,1-4H3. The van der Waals surface area contributed by atoms with Gasteiger partial charge in [0.25, 0.3) is 0 Å². The first-order valence-electron chi connectivity index (χ1n) is 5.13. The predicted molar refractivity (Wildman–Crippen MR) is 57.1 cm³/mol. The molecule has 0 aromatic carbocycles. The molecule has 80 valence electrons. The van der Waals surface area contributed by atoms with Gasteiger partial charge in [-0.15, -0.1) is 0 Å². The zero-order valence-electron chi connectivity index (χ0n) is 9.47. The van der Waals surface area contributed by atoms with Gasteiger partial charge in [-0.25, -0.2) is 0 Å². The van der Waals surface area contributed by atoms with Crippen molar-refractivity contribution in [2.45, 2.75) is 26.4 Å². The molecule has 0 aromatic heterocycles. The van der Waals surface area contributed by atoms with Gasteiger partial charge in [0.05, 0.1) is 12.7 Å². The zero-order chi connectivity index (χ0) is 10.1. The van der Waals surface area contributed by atoms with E-state index < -0.39 is 0 Å². The van der Waals surface area contributed by atoms with Crippen LogP contribution in [0.15, 0.2) is 0 Å². The second kappa shape index (κ2) is 8.48. The first kappa shape index (κ1) is 12.9. The summed E-state index contributed by atoms with van der Waals surface area (Å²) in [5.41, 5.74) is 0. The van der Waals surface area contributed by atoms with Crippen LogP contribution < -0.4 is 5.32 Å². The molecule has 1 atom stereocenters. The van der Waals surface area contributed by atoms with Gasteiger partial charge in [-0.3, -0.25) is 0 Å². The van der Waals surface area contributed by atoms with E-state index in [4.69, 9.17) is 4.74 Å². The smallest absolute Gasteiger partial charge is 0.0596 e. The molecule has 0 saturated heterocycles. The Morgan fingerprint density at radius 2 is 2.08 bits per heavy atom. The summed E-state index contributed by atoms with van der Waals surface area (Å²) in [5.74, 6) is 0. The van der Waals surface area contributed by atoms with Crippen molar-refractivity contribution in [1.29, 1.82) is 0 Å². The summed E-state index contributed by atoms with van der Waals surface area (Å²) < 4.78 is 5.62. The average molecular weight is 188 g/mol. The summed E-state index contributed by atoms with van der Waals surface area (Å²) in [6.45, 7) is 8.19. The van der Waals surface area contributed by atoms with Crippen LogP contribution in [0, 0.1) is 0 Å². The number of nitrogens with zero attached hydrogens (tertiary/aromatic N) is 1. The predicted octanol–water partition coefficient (Wildman–Crippen LogP) is 0.953. The minimum absolute atomic E-state index is 0.374. The lowest BCUT2D eigenvalue weighted by atomic mass is 10.3. The van der Waals surface area contributed by atoms with Crippen LogP contribution in [0.25, 0.3) is 0 Å². The second-order valence-corrected chi connectivity index (χ2v) is 3.63. The molecule has 3 nitrogen and oxygen atoms in total. The fraction of sp³-hybridized carbons (Fsp3) is 1.00. The summed E-state index contributed by atoms with van der Waals surface area (Å²) >= 11 is 0. The molecular formula is C10H24N2O. The number of hydrogen-bond acceptors (Lipinski definition) is 3. The van der Waals surface area contributed by atoms with Gasteiger partial charge in [0, 0.05) is 6.54 Å². The first-order valence-corrected chi connectivity index (χ1v) is 5.13. The van der Waals surface area contributed by atoms with Crippen molar-refractivity contribution in [3.63, 3.8) is 0 Å². The maximum Gasteiger partial charge on any atom is 0.0596 e. The summed E-state index contributed by atoms with van der Waals surface area (Å²) in [4.78, 5) is 2.14. The minimum Gasteiger partial charge on any atom is -0.377 e. The Bertz CT molecular complexity index is 107. The van der Waals surface area contributed by atoms with Gasteiger partial charge < -0.3 is 15.0 Å². The van der Waals surface area contributed by atoms with Crippen LogP contribution in [-0.2, 0) is 4.74 Å². The zero-order valence-corrected chi connectivity index (χ0v) is 9.47. The van der Waals surface area contributed by atoms with E-state index >= 15 is 0 Å². The third kappa shape index (κ3) is 9.80. The molecule has 0 aliphatic rings. The van der Waals surface area contributed by atoms with Crippen LogP contribution in [0.3, 0.4) is 0 Å². The van der Waals surface area contributed by atoms with Crippen molar-refractivity contribution >= 4 is 0 Å². The first-order chi connectivity index (χ1) is 6.16. The van der Waals surface area contributed by atoms with Crippen LogP contribution in [-0.4, -0.2) is 51.3 Å². The highest BCUT2D eigenvalue weighted by Gasteiger charge is 2.00. The molecule has 13 heavy (non-hydrogen) atoms. The van der Waals surface area contributed by atoms with Gasteiger partial charge in [-0.05, 0) is 40.5 Å². The summed E-state index contributed by atoms with van der Waals surface area (Å²) in [6, 6.07) is 0. The number of rotatable bonds is 8. The van der Waals surface area contributed by atoms with Crippen LogP contribution in [0.4, 0.5) is 0 Å². The maximum absolute atomic E-state index is 5.62. The van der Waals surface area contributed by atoms with Crippen molar-refractivity contribution < 1.29 is 4.74 Å². The molecule has 1 N–H and O–H groups in total. The van der Waals surface area contributed by atoms with Gasteiger partial charge in [0.15, 0.2) is 0 Å². The number of hydrogen-bond donors (Lipinski definition) is 1. The van der Waals surface area contributed by atoms with Crippen LogP contribution in [0.5, 0.6) is 0 Å². The molecule has 0 radical (unpaired) electrons. The third-order valence-electron chi connectivity index (χ3n) is 1.92. The van der Waals surface area contributed by atoms with Crippen LogP contribution in [0.2, 0.25) is 0 Å². The SMILES string of the molecule is CCNCCC(C)OCCN(C)C. The van der Waals surface area contributed by atoms with E-state index in [1.54, 1.807) is 0 Å². The summed E-state index contributed by atoms with van der Waals surface area (Å²) in [7, 11) is 4.12. The van der Waals surface area contributed by atoms with Gasteiger partial charge >= 0.3 is 0 Å². The average Bonchev–Trinajstić information content (AvgIpc) is 2.04. The van der Waals surface area contributed by atoms with E-state index in [2.05, 4.69) is 38.2 Å². The Labute approximate surface area is 82.4 Å². The molecule has 0 rings (SSSR count). The summed E-state index contributed by atoms with van der Waals surface area (Å²) in [5, 5.41) is 3.29. The number of nitrogens with one attached hydrogen (secondary N) is 1. The Morgan fingerprint density at radius 1 is 1.38 bits per heavy atom. The molecule has 0 aromatic rings. The molecule has 0 spiro atoms. The fourth-order valence-corrected chi connectivity index (χ4v) is 1.00. The molecule has 0 aliphatic carbocycles. The van der Waals surface area contributed by atoms with Gasteiger partial charge in [0.1, 0.15) is 0 Å². The molecule has 0 amide bonds. The second-order valence-electron chi connectivity index (χ2n) is 3.63. The fourth-order valence-electron chi connectivity index (χ4n) is 1.00. The lowest BCUT2D eigenvalue weighted by Gasteiger charge is -2.15. The van der Waals surface area contributed by atoms with E-state index in [-0.39, 0.29) is 0 Å². The Kier molecular flexibility index (Phi) is 8.40. The molecular weight excluding hydrogens is 164 g/mol. The molecule has 1 unspecified atom stereocenters. The summed E-state index contributed by atoms with van der Waals surface area (Å²) in [6.07, 6.45) is 1.47. The Hall–Kier alpha value is -0.120. The van der Waals surface area contributed by atoms with Crippen molar-refractivity contribution in [1.82, 2.24) is 10.2 Å². The van der Waals surface area contributed by atoms with E-state index in [0.29, 0.717) is 6.10 Å². The maximum atomic E-state index is 5.62. The third-order valence-corrected chi connectivity index (χ3v) is 1.92. The lowest BCUT2D eigenvalue weighted by molar-refractivity contribution is 0.0511. The monoisotopic (exact) mass is 188 g/mol. The highest BCUT2D eigenvalue weighted by Crippen LogP contribution is 1.95. The molecule has 3 heteroatoms. The Morgan fingerprint density at radius 3 is 2.62 bits per heavy atom. The molecule has 0 aliphatic heterocycles. The number of likely N-dealkylation sites (N-methyl/N-ethyl adjacent to an activating group) is 1. The van der Waals surface area contributed by atoms with Gasteiger partial charge in [-0.1, -0.05) is 6.92 Å². The van der Waals surface area contributed by atoms with Crippen LogP contribution in [0.1, 0.15) is 20.3 Å². The van der Waals surface area contributed by atoms with Crippen molar-refractivity contribution in [2.24, 2.45) is 0 Å².